The molecule has 0 radical (unpaired) electrons. The number of hydrogen-bond acceptors (Lipinski definition) is 1. The first-order chi connectivity index (χ1) is 23.6. The van der Waals surface area contributed by atoms with Crippen molar-refractivity contribution in [2.24, 2.45) is 0 Å². The first-order valence-corrected chi connectivity index (χ1v) is 17.6. The first-order valence-electron chi connectivity index (χ1n) is 16.8. The molecular weight excluding hydrogens is 597 g/mol. The molecule has 226 valence electrons. The van der Waals surface area contributed by atoms with Gasteiger partial charge < -0.3 is 0 Å². The maximum absolute atomic E-state index is 2.45. The van der Waals surface area contributed by atoms with Gasteiger partial charge in [-0.2, -0.15) is 0 Å². The van der Waals surface area contributed by atoms with Gasteiger partial charge in [0.05, 0.1) is 0 Å². The number of thiophene rings is 1. The second-order valence-corrected chi connectivity index (χ2v) is 14.7. The van der Waals surface area contributed by atoms with Gasteiger partial charge in [0.2, 0.25) is 0 Å². The molecule has 0 aliphatic heterocycles. The minimum atomic E-state index is -0.00583. The van der Waals surface area contributed by atoms with Gasteiger partial charge in [-0.05, 0) is 106 Å². The van der Waals surface area contributed by atoms with Crippen LogP contribution in [-0.4, -0.2) is 0 Å². The van der Waals surface area contributed by atoms with E-state index < -0.39 is 0 Å². The maximum atomic E-state index is 2.45. The molecule has 1 heteroatoms. The van der Waals surface area contributed by atoms with E-state index in [-0.39, 0.29) is 5.41 Å². The molecule has 9 aromatic rings. The molecular formula is C47H32S. The third kappa shape index (κ3) is 3.95. The van der Waals surface area contributed by atoms with E-state index in [1.165, 1.54) is 97.4 Å². The Morgan fingerprint density at radius 3 is 1.71 bits per heavy atom. The molecule has 0 unspecified atom stereocenters. The highest BCUT2D eigenvalue weighted by atomic mass is 32.1. The summed E-state index contributed by atoms with van der Waals surface area (Å²) in [5.74, 6) is 0. The zero-order chi connectivity index (χ0) is 32.0. The zero-order valence-corrected chi connectivity index (χ0v) is 27.7. The summed E-state index contributed by atoms with van der Waals surface area (Å²) in [6.45, 7) is 4.76. The molecule has 0 atom stereocenters. The molecule has 8 aromatic carbocycles. The standard InChI is InChI=1S/C47H32S/c1-47(2)41-21-10-9-20-39(41)46-45(47)40-25-24-34(28-42(40)48-46)44-37-18-7-5-16-35(37)43(36-17-6-8-19-38(36)44)33-15-11-14-31(27-33)32-23-22-29-12-3-4-13-30(29)26-32/h3-28H,1-2H3. The van der Waals surface area contributed by atoms with E-state index >= 15 is 0 Å². The molecule has 10 rings (SSSR count). The Kier molecular flexibility index (Phi) is 5.89. The van der Waals surface area contributed by atoms with Crippen LogP contribution in [0.25, 0.3) is 86.2 Å². The summed E-state index contributed by atoms with van der Waals surface area (Å²) in [7, 11) is 0. The van der Waals surface area contributed by atoms with Crippen LogP contribution >= 0.6 is 11.3 Å². The highest BCUT2D eigenvalue weighted by Crippen LogP contribution is 2.56. The number of rotatable bonds is 3. The summed E-state index contributed by atoms with van der Waals surface area (Å²) in [6.07, 6.45) is 0. The van der Waals surface area contributed by atoms with E-state index in [1.54, 1.807) is 0 Å². The Morgan fingerprint density at radius 2 is 0.979 bits per heavy atom. The van der Waals surface area contributed by atoms with Gasteiger partial charge in [0.1, 0.15) is 0 Å². The summed E-state index contributed by atoms with van der Waals surface area (Å²) in [5, 5.41) is 9.06. The summed E-state index contributed by atoms with van der Waals surface area (Å²) >= 11 is 1.95. The zero-order valence-electron chi connectivity index (χ0n) is 26.9. The summed E-state index contributed by atoms with van der Waals surface area (Å²) in [5.41, 5.74) is 11.9. The fourth-order valence-corrected chi connectivity index (χ4v) is 9.84. The van der Waals surface area contributed by atoms with Crippen molar-refractivity contribution in [1.82, 2.24) is 0 Å². The molecule has 0 N–H and O–H groups in total. The van der Waals surface area contributed by atoms with Gasteiger partial charge in [0, 0.05) is 15.0 Å². The van der Waals surface area contributed by atoms with Crippen molar-refractivity contribution in [3.8, 4) is 43.8 Å². The van der Waals surface area contributed by atoms with Gasteiger partial charge in [0.25, 0.3) is 0 Å². The average molecular weight is 629 g/mol. The molecule has 48 heavy (non-hydrogen) atoms. The third-order valence-corrected chi connectivity index (χ3v) is 11.8. The minimum Gasteiger partial charge on any atom is -0.135 e. The van der Waals surface area contributed by atoms with Crippen LogP contribution in [0.15, 0.2) is 158 Å². The Hall–Kier alpha value is -5.50. The highest BCUT2D eigenvalue weighted by molar-refractivity contribution is 7.22. The predicted octanol–water partition coefficient (Wildman–Crippen LogP) is 13.7. The van der Waals surface area contributed by atoms with Gasteiger partial charge in [-0.3, -0.25) is 0 Å². The van der Waals surface area contributed by atoms with Gasteiger partial charge in [0.15, 0.2) is 0 Å². The third-order valence-electron chi connectivity index (χ3n) is 10.6. The molecule has 0 nitrogen and oxygen atoms in total. The monoisotopic (exact) mass is 628 g/mol. The molecule has 1 aliphatic rings. The Bertz CT molecular complexity index is 2700. The van der Waals surface area contributed by atoms with E-state index in [2.05, 4.69) is 172 Å². The Labute approximate surface area is 284 Å². The van der Waals surface area contributed by atoms with E-state index in [4.69, 9.17) is 0 Å². The highest BCUT2D eigenvalue weighted by Gasteiger charge is 2.38. The van der Waals surface area contributed by atoms with Gasteiger partial charge in [-0.15, -0.1) is 11.3 Å². The molecule has 0 amide bonds. The second-order valence-electron chi connectivity index (χ2n) is 13.7. The lowest BCUT2D eigenvalue weighted by atomic mass is 9.81. The van der Waals surface area contributed by atoms with Crippen LogP contribution in [-0.2, 0) is 5.41 Å². The molecule has 1 heterocycles. The smallest absolute Gasteiger partial charge is 0.0399 e. The van der Waals surface area contributed by atoms with Crippen LogP contribution in [0.3, 0.4) is 0 Å². The van der Waals surface area contributed by atoms with E-state index in [0.717, 1.165) is 0 Å². The summed E-state index contributed by atoms with van der Waals surface area (Å²) in [4.78, 5) is 1.43. The van der Waals surface area contributed by atoms with Gasteiger partial charge in [-0.25, -0.2) is 0 Å². The quantitative estimate of drug-likeness (QED) is 0.171. The number of fused-ring (bicyclic) bond motifs is 8. The second kappa shape index (κ2) is 10.2. The minimum absolute atomic E-state index is 0.00583. The molecule has 0 saturated heterocycles. The van der Waals surface area contributed by atoms with Crippen LogP contribution in [0.2, 0.25) is 0 Å². The number of hydrogen-bond donors (Lipinski definition) is 0. The average Bonchev–Trinajstić information content (AvgIpc) is 3.63. The van der Waals surface area contributed by atoms with Crippen LogP contribution in [0.5, 0.6) is 0 Å². The normalized spacial score (nSPS) is 13.4. The Morgan fingerprint density at radius 1 is 0.417 bits per heavy atom. The summed E-state index contributed by atoms with van der Waals surface area (Å²) < 4.78 is 1.36. The molecule has 1 aliphatic carbocycles. The Balaban J connectivity index is 1.19. The maximum Gasteiger partial charge on any atom is 0.0399 e. The van der Waals surface area contributed by atoms with Gasteiger partial charge >= 0.3 is 0 Å². The lowest BCUT2D eigenvalue weighted by molar-refractivity contribution is 0.667. The first kappa shape index (κ1) is 27.6. The van der Waals surface area contributed by atoms with Crippen LogP contribution in [0, 0.1) is 0 Å². The predicted molar refractivity (Wildman–Crippen MR) is 208 cm³/mol. The fourth-order valence-electron chi connectivity index (χ4n) is 8.40. The van der Waals surface area contributed by atoms with Crippen LogP contribution in [0.1, 0.15) is 25.0 Å². The fraction of sp³-hybridized carbons (Fsp3) is 0.0638. The van der Waals surface area contributed by atoms with Crippen molar-refractivity contribution >= 4 is 53.7 Å². The molecule has 0 saturated carbocycles. The molecule has 0 fully saturated rings. The van der Waals surface area contributed by atoms with Crippen molar-refractivity contribution < 1.29 is 0 Å². The van der Waals surface area contributed by atoms with E-state index in [9.17, 15) is 0 Å². The van der Waals surface area contributed by atoms with Crippen molar-refractivity contribution in [1.29, 1.82) is 0 Å². The van der Waals surface area contributed by atoms with Crippen molar-refractivity contribution in [2.75, 3.05) is 0 Å². The van der Waals surface area contributed by atoms with Gasteiger partial charge in [-0.1, -0.05) is 153 Å². The van der Waals surface area contributed by atoms with E-state index in [1.807, 2.05) is 11.3 Å². The topological polar surface area (TPSA) is 0 Å². The number of benzene rings is 8. The van der Waals surface area contributed by atoms with Crippen molar-refractivity contribution in [3.63, 3.8) is 0 Å². The van der Waals surface area contributed by atoms with Crippen LogP contribution in [0.4, 0.5) is 0 Å². The van der Waals surface area contributed by atoms with Crippen LogP contribution < -0.4 is 0 Å². The molecule has 0 bridgehead atoms. The van der Waals surface area contributed by atoms with E-state index in [0.29, 0.717) is 0 Å². The van der Waals surface area contributed by atoms with Crippen molar-refractivity contribution in [2.45, 2.75) is 19.3 Å². The molecule has 0 spiro atoms. The van der Waals surface area contributed by atoms with Crippen molar-refractivity contribution in [3.05, 3.63) is 169 Å². The molecule has 1 aromatic heterocycles. The lowest BCUT2D eigenvalue weighted by Gasteiger charge is -2.21. The lowest BCUT2D eigenvalue weighted by Crippen LogP contribution is -2.14. The SMILES string of the molecule is CC1(C)c2ccccc2-c2sc3cc(-c4c5ccccc5c(-c5cccc(-c6ccc7ccccc7c6)c5)c5ccccc45)ccc3c21. The summed E-state index contributed by atoms with van der Waals surface area (Å²) in [6, 6.07) is 58.6. The largest absolute Gasteiger partial charge is 0.135 e.